The van der Waals surface area contributed by atoms with E-state index < -0.39 is 29.7 Å². The van der Waals surface area contributed by atoms with Crippen LogP contribution in [0.4, 0.5) is 0 Å². The van der Waals surface area contributed by atoms with Crippen LogP contribution in [0.25, 0.3) is 5.57 Å². The molecule has 1 saturated heterocycles. The summed E-state index contributed by atoms with van der Waals surface area (Å²) in [5.41, 5.74) is 4.29. The molecule has 0 radical (unpaired) electrons. The standard InChI is InChI=1S/C37H43NO7/c1-37(2,29-21-19-26(20-22-29)30(27-13-11-23-38-24-27)14-6-4-8-18-34(42)43)36-44-25-28(12-5-3-7-17-33(40)41)35(45-36)31-15-9-10-16-32(31)39/h3,5,9-11,13-16,19-24,28,35-36,39H,4,6-8,12,17-18,25H2,1-2H3,(H,40,41)(H,42,43)/b5-3-,30-14+/t28-,35+,36+/m1/s1. The molecule has 0 bridgehead atoms. The van der Waals surface area contributed by atoms with Crippen molar-refractivity contribution >= 4 is 17.5 Å². The topological polar surface area (TPSA) is 126 Å². The zero-order valence-corrected chi connectivity index (χ0v) is 26.0. The van der Waals surface area contributed by atoms with Crippen molar-refractivity contribution in [2.45, 2.75) is 76.6 Å². The third kappa shape index (κ3) is 9.36. The molecule has 3 N–H and O–H groups in total. The number of pyridine rings is 1. The van der Waals surface area contributed by atoms with E-state index in [1.54, 1.807) is 18.3 Å². The monoisotopic (exact) mass is 613 g/mol. The maximum absolute atomic E-state index is 10.9. The van der Waals surface area contributed by atoms with Gasteiger partial charge < -0.3 is 24.8 Å². The summed E-state index contributed by atoms with van der Waals surface area (Å²) in [5.74, 6) is -1.49. The molecule has 0 unspecified atom stereocenters. The lowest BCUT2D eigenvalue weighted by Gasteiger charge is -2.43. The summed E-state index contributed by atoms with van der Waals surface area (Å²) in [5, 5.41) is 28.6. The van der Waals surface area contributed by atoms with Gasteiger partial charge in [-0.25, -0.2) is 0 Å². The average Bonchev–Trinajstić information content (AvgIpc) is 3.03. The summed E-state index contributed by atoms with van der Waals surface area (Å²) < 4.78 is 13.0. The van der Waals surface area contributed by atoms with E-state index in [9.17, 15) is 14.7 Å². The second-order valence-corrected chi connectivity index (χ2v) is 12.0. The number of nitrogens with zero attached hydrogens (tertiary/aromatic N) is 1. The molecule has 1 aliphatic rings. The van der Waals surface area contributed by atoms with Crippen LogP contribution in [0, 0.1) is 5.92 Å². The molecular weight excluding hydrogens is 570 g/mol. The van der Waals surface area contributed by atoms with Gasteiger partial charge in [0.1, 0.15) is 5.75 Å². The second-order valence-electron chi connectivity index (χ2n) is 12.0. The maximum atomic E-state index is 10.9. The van der Waals surface area contributed by atoms with E-state index in [1.807, 2.05) is 42.6 Å². The molecule has 8 heteroatoms. The Kier molecular flexibility index (Phi) is 12.1. The Labute approximate surface area is 265 Å². The van der Waals surface area contributed by atoms with E-state index in [0.29, 0.717) is 31.4 Å². The van der Waals surface area contributed by atoms with Gasteiger partial charge in [-0.2, -0.15) is 0 Å². The summed E-state index contributed by atoms with van der Waals surface area (Å²) in [6, 6.07) is 19.5. The molecule has 45 heavy (non-hydrogen) atoms. The van der Waals surface area contributed by atoms with Crippen LogP contribution < -0.4 is 0 Å². The number of unbranched alkanes of at least 4 members (excludes halogenated alkanes) is 2. The fourth-order valence-corrected chi connectivity index (χ4v) is 5.61. The molecule has 3 aromatic rings. The predicted molar refractivity (Wildman–Crippen MR) is 173 cm³/mol. The number of para-hydroxylation sites is 1. The van der Waals surface area contributed by atoms with Gasteiger partial charge in [0.25, 0.3) is 0 Å². The molecule has 1 aliphatic heterocycles. The molecule has 4 rings (SSSR count). The summed E-state index contributed by atoms with van der Waals surface area (Å²) in [6.45, 7) is 4.59. The number of carbonyl (C=O) groups is 2. The van der Waals surface area contributed by atoms with Crippen LogP contribution in [0.1, 0.15) is 87.2 Å². The molecule has 8 nitrogen and oxygen atoms in total. The SMILES string of the molecule is CC(C)(c1ccc(/C(=C\CCCCC(=O)O)c2cccnc2)cc1)[C@H]1OC[C@@H](C/C=C\CCC(=O)O)[C@@H](c2ccccc2O)O1. The predicted octanol–water partition coefficient (Wildman–Crippen LogP) is 7.68. The quantitative estimate of drug-likeness (QED) is 0.118. The number of aromatic nitrogens is 1. The maximum Gasteiger partial charge on any atom is 0.303 e. The number of phenolic OH excluding ortho intramolecular Hbond substituents is 1. The number of phenols is 1. The molecule has 0 aliphatic carbocycles. The number of carboxylic acid groups (broad SMARTS) is 2. The van der Waals surface area contributed by atoms with E-state index in [-0.39, 0.29) is 24.5 Å². The summed E-state index contributed by atoms with van der Waals surface area (Å²) in [6.07, 6.45) is 12.1. The fourth-order valence-electron chi connectivity index (χ4n) is 5.61. The third-order valence-electron chi connectivity index (χ3n) is 8.23. The molecule has 0 amide bonds. The Bertz CT molecular complexity index is 1460. The van der Waals surface area contributed by atoms with Gasteiger partial charge in [0.15, 0.2) is 6.29 Å². The van der Waals surface area contributed by atoms with E-state index >= 15 is 0 Å². The average molecular weight is 614 g/mol. The highest BCUT2D eigenvalue weighted by Crippen LogP contribution is 2.43. The van der Waals surface area contributed by atoms with Crippen molar-refractivity contribution in [3.63, 3.8) is 0 Å². The summed E-state index contributed by atoms with van der Waals surface area (Å²) >= 11 is 0. The Morgan fingerprint density at radius 2 is 1.67 bits per heavy atom. The van der Waals surface area contributed by atoms with Crippen molar-refractivity contribution in [1.82, 2.24) is 4.98 Å². The van der Waals surface area contributed by atoms with Crippen molar-refractivity contribution in [1.29, 1.82) is 0 Å². The Balaban J connectivity index is 1.52. The van der Waals surface area contributed by atoms with E-state index in [4.69, 9.17) is 19.7 Å². The molecule has 2 heterocycles. The highest BCUT2D eigenvalue weighted by molar-refractivity contribution is 5.79. The minimum absolute atomic E-state index is 0.0588. The second kappa shape index (κ2) is 16.2. The Morgan fingerprint density at radius 1 is 0.911 bits per heavy atom. The summed E-state index contributed by atoms with van der Waals surface area (Å²) in [4.78, 5) is 26.1. The molecule has 2 aromatic carbocycles. The van der Waals surface area contributed by atoms with Gasteiger partial charge in [0.2, 0.25) is 0 Å². The van der Waals surface area contributed by atoms with E-state index in [1.165, 1.54) is 0 Å². The lowest BCUT2D eigenvalue weighted by Crippen LogP contribution is -2.45. The first kappa shape index (κ1) is 33.6. The van der Waals surface area contributed by atoms with Gasteiger partial charge in [-0.1, -0.05) is 80.6 Å². The van der Waals surface area contributed by atoms with Gasteiger partial charge in [-0.15, -0.1) is 0 Å². The molecule has 3 atom stereocenters. The number of benzene rings is 2. The molecule has 1 aromatic heterocycles. The number of hydrogen-bond donors (Lipinski definition) is 3. The Morgan fingerprint density at radius 3 is 2.36 bits per heavy atom. The van der Waals surface area contributed by atoms with Gasteiger partial charge in [-0.3, -0.25) is 14.6 Å². The number of allylic oxidation sites excluding steroid dienone is 3. The van der Waals surface area contributed by atoms with Crippen LogP contribution in [0.3, 0.4) is 0 Å². The lowest BCUT2D eigenvalue weighted by atomic mass is 9.81. The van der Waals surface area contributed by atoms with Crippen LogP contribution in [-0.4, -0.2) is 45.1 Å². The number of aliphatic carboxylic acids is 2. The van der Waals surface area contributed by atoms with Crippen LogP contribution in [0.5, 0.6) is 5.75 Å². The van der Waals surface area contributed by atoms with Crippen molar-refractivity contribution in [2.75, 3.05) is 6.61 Å². The van der Waals surface area contributed by atoms with Crippen molar-refractivity contribution in [3.8, 4) is 5.75 Å². The van der Waals surface area contributed by atoms with Crippen molar-refractivity contribution < 1.29 is 34.4 Å². The molecule has 0 saturated carbocycles. The number of ether oxygens (including phenoxy) is 2. The third-order valence-corrected chi connectivity index (χ3v) is 8.23. The fraction of sp³-hybridized carbons (Fsp3) is 0.378. The van der Waals surface area contributed by atoms with Crippen LogP contribution in [-0.2, 0) is 24.5 Å². The van der Waals surface area contributed by atoms with Crippen LogP contribution >= 0.6 is 0 Å². The zero-order chi connectivity index (χ0) is 32.2. The minimum atomic E-state index is -0.827. The largest absolute Gasteiger partial charge is 0.508 e. The van der Waals surface area contributed by atoms with E-state index in [2.05, 4.69) is 49.2 Å². The zero-order valence-electron chi connectivity index (χ0n) is 26.0. The van der Waals surface area contributed by atoms with Crippen LogP contribution in [0.2, 0.25) is 0 Å². The normalized spacial score (nSPS) is 19.1. The number of aromatic hydroxyl groups is 1. The first-order valence-electron chi connectivity index (χ1n) is 15.5. The number of rotatable bonds is 15. The Hall–Kier alpha value is -4.27. The van der Waals surface area contributed by atoms with Crippen molar-refractivity contribution in [3.05, 3.63) is 114 Å². The minimum Gasteiger partial charge on any atom is -0.508 e. The number of hydrogen-bond acceptors (Lipinski definition) is 6. The number of carboxylic acids is 2. The van der Waals surface area contributed by atoms with Crippen LogP contribution in [0.15, 0.2) is 91.3 Å². The smallest absolute Gasteiger partial charge is 0.303 e. The van der Waals surface area contributed by atoms with Gasteiger partial charge >= 0.3 is 11.9 Å². The first-order chi connectivity index (χ1) is 21.7. The highest BCUT2D eigenvalue weighted by atomic mass is 16.7. The van der Waals surface area contributed by atoms with E-state index in [0.717, 1.165) is 35.1 Å². The van der Waals surface area contributed by atoms with Gasteiger partial charge in [0.05, 0.1) is 12.7 Å². The molecule has 1 fully saturated rings. The molecule has 0 spiro atoms. The van der Waals surface area contributed by atoms with Gasteiger partial charge in [0, 0.05) is 47.7 Å². The van der Waals surface area contributed by atoms with Gasteiger partial charge in [-0.05, 0) is 60.9 Å². The molecule has 238 valence electrons. The highest BCUT2D eigenvalue weighted by Gasteiger charge is 2.42. The lowest BCUT2D eigenvalue weighted by molar-refractivity contribution is -0.262. The summed E-state index contributed by atoms with van der Waals surface area (Å²) in [7, 11) is 0. The molecular formula is C37H43NO7. The first-order valence-corrected chi connectivity index (χ1v) is 15.5. The van der Waals surface area contributed by atoms with Crippen molar-refractivity contribution in [2.24, 2.45) is 5.92 Å².